The van der Waals surface area contributed by atoms with Crippen LogP contribution in [-0.4, -0.2) is 45.1 Å². The summed E-state index contributed by atoms with van der Waals surface area (Å²) < 4.78 is 13.9. The van der Waals surface area contributed by atoms with Crippen molar-refractivity contribution in [2.45, 2.75) is 6.04 Å². The molecule has 1 atom stereocenters. The molecule has 2 aromatic heterocycles. The number of amides is 1. The van der Waals surface area contributed by atoms with Gasteiger partial charge < -0.3 is 10.4 Å². The maximum atomic E-state index is 12.9. The van der Waals surface area contributed by atoms with Crippen molar-refractivity contribution in [3.8, 4) is 16.9 Å². The van der Waals surface area contributed by atoms with Crippen molar-refractivity contribution < 1.29 is 14.3 Å². The van der Waals surface area contributed by atoms with Crippen LogP contribution in [0, 0.1) is 0 Å². The van der Waals surface area contributed by atoms with Crippen molar-refractivity contribution in [2.24, 2.45) is 0 Å². The molecule has 9 heteroatoms. The Kier molecular flexibility index (Phi) is 6.13. The summed E-state index contributed by atoms with van der Waals surface area (Å²) in [5.74, 6) is -0.808. The summed E-state index contributed by atoms with van der Waals surface area (Å²) in [6, 6.07) is 10.2. The number of nitrogens with one attached hydrogen (secondary N) is 1. The van der Waals surface area contributed by atoms with Gasteiger partial charge in [0.2, 0.25) is 0 Å². The normalized spacial score (nSPS) is 11.8. The highest BCUT2D eigenvalue weighted by Gasteiger charge is 2.20. The fraction of sp³-hybridized carbons (Fsp3) is 0.158. The van der Waals surface area contributed by atoms with Crippen LogP contribution < -0.4 is 10.9 Å². The molecule has 7 nitrogen and oxygen atoms in total. The molecule has 0 fully saturated rings. The fourth-order valence-electron chi connectivity index (χ4n) is 2.47. The first-order chi connectivity index (χ1) is 13.5. The summed E-state index contributed by atoms with van der Waals surface area (Å²) in [7, 11) is 0. The summed E-state index contributed by atoms with van der Waals surface area (Å²) in [4.78, 5) is 29.4. The van der Waals surface area contributed by atoms with Crippen LogP contribution >= 0.6 is 11.6 Å². The number of carbonyl (C=O) groups excluding carboxylic acids is 1. The molecule has 144 valence electrons. The maximum Gasteiger partial charge on any atom is 0.284 e. The second kappa shape index (κ2) is 8.73. The predicted molar refractivity (Wildman–Crippen MR) is 102 cm³/mol. The number of alkyl halides is 1. The zero-order chi connectivity index (χ0) is 20.1. The Labute approximate surface area is 164 Å². The topological polar surface area (TPSA) is 97.1 Å². The van der Waals surface area contributed by atoms with E-state index in [0.717, 1.165) is 4.68 Å². The van der Waals surface area contributed by atoms with E-state index in [-0.39, 0.29) is 5.56 Å². The van der Waals surface area contributed by atoms with Crippen molar-refractivity contribution in [3.05, 3.63) is 75.8 Å². The molecule has 0 saturated carbocycles. The Morgan fingerprint density at radius 3 is 2.64 bits per heavy atom. The van der Waals surface area contributed by atoms with E-state index < -0.39 is 30.8 Å². The lowest BCUT2D eigenvalue weighted by molar-refractivity contribution is 0.0902. The van der Waals surface area contributed by atoms with Crippen LogP contribution in [0.4, 0.5) is 4.39 Å². The van der Waals surface area contributed by atoms with Crippen LogP contribution in [0.3, 0.4) is 0 Å². The molecule has 0 aliphatic heterocycles. The molecule has 3 rings (SSSR count). The quantitative estimate of drug-likeness (QED) is 0.657. The molecule has 0 aliphatic rings. The van der Waals surface area contributed by atoms with E-state index in [9.17, 15) is 14.0 Å². The van der Waals surface area contributed by atoms with Gasteiger partial charge in [0.25, 0.3) is 11.5 Å². The molecule has 0 saturated heterocycles. The second-order valence-electron chi connectivity index (χ2n) is 5.89. The number of hydrogen-bond donors (Lipinski definition) is 2. The number of aliphatic hydroxyl groups is 1. The molecule has 28 heavy (non-hydrogen) atoms. The van der Waals surface area contributed by atoms with Gasteiger partial charge in [0.1, 0.15) is 12.2 Å². The second-order valence-corrected chi connectivity index (χ2v) is 6.32. The Morgan fingerprint density at radius 1 is 1.29 bits per heavy atom. The lowest BCUT2D eigenvalue weighted by Gasteiger charge is -2.14. The van der Waals surface area contributed by atoms with E-state index in [2.05, 4.69) is 15.4 Å². The summed E-state index contributed by atoms with van der Waals surface area (Å²) in [6.07, 6.45) is 2.97. The third-order valence-corrected chi connectivity index (χ3v) is 4.18. The monoisotopic (exact) mass is 402 g/mol. The molecular weight excluding hydrogens is 387 g/mol. The van der Waals surface area contributed by atoms with Crippen LogP contribution in [0.2, 0.25) is 5.02 Å². The number of pyridine rings is 1. The van der Waals surface area contributed by atoms with Gasteiger partial charge >= 0.3 is 0 Å². The smallest absolute Gasteiger partial charge is 0.284 e. The standard InChI is InChI=1S/C19H16ClFN4O3/c20-13-5-3-12(4-6-13)17-8-16(18(27)23-14(9-21)11-26)19(28)25(24-17)15-2-1-7-22-10-15/h1-8,10,14,26H,9,11H2,(H,23,27)/t14-/m0/s1. The van der Waals surface area contributed by atoms with Gasteiger partial charge in [-0.25, -0.2) is 4.39 Å². The van der Waals surface area contributed by atoms with Crippen molar-refractivity contribution in [1.29, 1.82) is 0 Å². The van der Waals surface area contributed by atoms with Gasteiger partial charge in [0.15, 0.2) is 0 Å². The Hall–Kier alpha value is -3.10. The van der Waals surface area contributed by atoms with Crippen LogP contribution in [0.5, 0.6) is 0 Å². The van der Waals surface area contributed by atoms with Gasteiger partial charge in [-0.05, 0) is 30.3 Å². The summed E-state index contributed by atoms with van der Waals surface area (Å²) in [5, 5.41) is 16.3. The minimum atomic E-state index is -1.11. The first kappa shape index (κ1) is 19.7. The molecule has 0 unspecified atom stereocenters. The van der Waals surface area contributed by atoms with Crippen molar-refractivity contribution >= 4 is 17.5 Å². The third-order valence-electron chi connectivity index (χ3n) is 3.93. The first-order valence-electron chi connectivity index (χ1n) is 8.32. The minimum Gasteiger partial charge on any atom is -0.394 e. The molecule has 0 spiro atoms. The summed E-state index contributed by atoms with van der Waals surface area (Å²) in [5.41, 5.74) is 0.391. The number of aliphatic hydroxyl groups excluding tert-OH is 1. The van der Waals surface area contributed by atoms with Crippen molar-refractivity contribution in [2.75, 3.05) is 13.3 Å². The average Bonchev–Trinajstić information content (AvgIpc) is 2.73. The van der Waals surface area contributed by atoms with Gasteiger partial charge in [0, 0.05) is 16.8 Å². The number of benzene rings is 1. The highest BCUT2D eigenvalue weighted by Crippen LogP contribution is 2.20. The number of carbonyl (C=O) groups is 1. The van der Waals surface area contributed by atoms with E-state index in [0.29, 0.717) is 22.0 Å². The molecule has 1 amide bonds. The van der Waals surface area contributed by atoms with Gasteiger partial charge in [-0.1, -0.05) is 23.7 Å². The molecular formula is C19H16ClFN4O3. The number of aromatic nitrogens is 3. The number of halogens is 2. The molecule has 1 aromatic carbocycles. The van der Waals surface area contributed by atoms with Crippen LogP contribution in [-0.2, 0) is 0 Å². The van der Waals surface area contributed by atoms with E-state index in [1.54, 1.807) is 36.4 Å². The Bertz CT molecular complexity index is 1020. The Morgan fingerprint density at radius 2 is 2.04 bits per heavy atom. The maximum absolute atomic E-state index is 12.9. The largest absolute Gasteiger partial charge is 0.394 e. The lowest BCUT2D eigenvalue weighted by Crippen LogP contribution is -2.42. The number of hydrogen-bond acceptors (Lipinski definition) is 5. The molecule has 2 N–H and O–H groups in total. The van der Waals surface area contributed by atoms with E-state index in [1.807, 2.05) is 0 Å². The average molecular weight is 403 g/mol. The van der Waals surface area contributed by atoms with Crippen molar-refractivity contribution in [1.82, 2.24) is 20.1 Å². The van der Waals surface area contributed by atoms with E-state index in [4.69, 9.17) is 16.7 Å². The van der Waals surface area contributed by atoms with Gasteiger partial charge in [-0.15, -0.1) is 0 Å². The highest BCUT2D eigenvalue weighted by atomic mass is 35.5. The van der Waals surface area contributed by atoms with E-state index in [1.165, 1.54) is 18.5 Å². The van der Waals surface area contributed by atoms with Crippen molar-refractivity contribution in [3.63, 3.8) is 0 Å². The van der Waals surface area contributed by atoms with E-state index >= 15 is 0 Å². The zero-order valence-electron chi connectivity index (χ0n) is 14.5. The van der Waals surface area contributed by atoms with Crippen LogP contribution in [0.25, 0.3) is 16.9 Å². The van der Waals surface area contributed by atoms with Crippen LogP contribution in [0.1, 0.15) is 10.4 Å². The molecule has 2 heterocycles. The number of nitrogens with zero attached hydrogens (tertiary/aromatic N) is 3. The fourth-order valence-corrected chi connectivity index (χ4v) is 2.60. The summed E-state index contributed by atoms with van der Waals surface area (Å²) >= 11 is 5.92. The Balaban J connectivity index is 2.15. The van der Waals surface area contributed by atoms with Gasteiger partial charge in [-0.2, -0.15) is 9.78 Å². The first-order valence-corrected chi connectivity index (χ1v) is 8.69. The number of rotatable bonds is 6. The lowest BCUT2D eigenvalue weighted by atomic mass is 10.1. The van der Waals surface area contributed by atoms with Crippen LogP contribution in [0.15, 0.2) is 59.7 Å². The zero-order valence-corrected chi connectivity index (χ0v) is 15.3. The molecule has 0 aliphatic carbocycles. The highest BCUT2D eigenvalue weighted by molar-refractivity contribution is 6.30. The minimum absolute atomic E-state index is 0.240. The molecule has 0 bridgehead atoms. The summed E-state index contributed by atoms with van der Waals surface area (Å²) in [6.45, 7) is -1.55. The SMILES string of the molecule is O=C(N[C@H](CO)CF)c1cc(-c2ccc(Cl)cc2)nn(-c2cccnc2)c1=O. The third kappa shape index (κ3) is 4.24. The van der Waals surface area contributed by atoms with Gasteiger partial charge in [0.05, 0.1) is 30.2 Å². The molecule has 0 radical (unpaired) electrons. The predicted octanol–water partition coefficient (Wildman–Crippen LogP) is 2.01. The van der Waals surface area contributed by atoms with Gasteiger partial charge in [-0.3, -0.25) is 14.6 Å². The molecule has 3 aromatic rings.